The number of nitrogens with two attached hydrogens (primary N) is 1. The minimum atomic E-state index is -0.647. The molecule has 2 aromatic rings. The van der Waals surface area contributed by atoms with Crippen LogP contribution < -0.4 is 11.4 Å². The molecule has 1 aromatic carbocycles. The van der Waals surface area contributed by atoms with Crippen LogP contribution in [0, 0.1) is 11.6 Å². The fourth-order valence-electron chi connectivity index (χ4n) is 1.45. The third-order valence-electron chi connectivity index (χ3n) is 2.22. The van der Waals surface area contributed by atoms with Gasteiger partial charge in [-0.05, 0) is 24.3 Å². The summed E-state index contributed by atoms with van der Waals surface area (Å²) in [5, 5.41) is 0. The van der Waals surface area contributed by atoms with Crippen molar-refractivity contribution in [3.63, 3.8) is 0 Å². The summed E-state index contributed by atoms with van der Waals surface area (Å²) in [6, 6.07) is 4.38. The molecule has 0 saturated heterocycles. The van der Waals surface area contributed by atoms with Crippen LogP contribution in [0.2, 0.25) is 0 Å². The minimum absolute atomic E-state index is 0.0613. The van der Waals surface area contributed by atoms with Crippen LogP contribution in [0.15, 0.2) is 29.1 Å². The molecule has 4 nitrogen and oxygen atoms in total. The lowest BCUT2D eigenvalue weighted by Gasteiger charge is -2.04. The van der Waals surface area contributed by atoms with Gasteiger partial charge in [0.15, 0.2) is 0 Å². The van der Waals surface area contributed by atoms with E-state index in [-0.39, 0.29) is 17.8 Å². The monoisotopic (exact) mass is 237 g/mol. The van der Waals surface area contributed by atoms with Gasteiger partial charge < -0.3 is 10.7 Å². The molecule has 0 fully saturated rings. The van der Waals surface area contributed by atoms with Gasteiger partial charge in [0, 0.05) is 17.8 Å². The number of hydrogen-bond acceptors (Lipinski definition) is 3. The molecule has 3 N–H and O–H groups in total. The van der Waals surface area contributed by atoms with Crippen LogP contribution in [0.5, 0.6) is 0 Å². The van der Waals surface area contributed by atoms with Crippen molar-refractivity contribution in [2.45, 2.75) is 6.54 Å². The number of H-pyrrole nitrogens is 1. The highest BCUT2D eigenvalue weighted by atomic mass is 19.1. The van der Waals surface area contributed by atoms with Crippen molar-refractivity contribution in [2.24, 2.45) is 5.73 Å². The molecule has 6 heteroatoms. The lowest BCUT2D eigenvalue weighted by atomic mass is 10.1. The van der Waals surface area contributed by atoms with Gasteiger partial charge in [-0.3, -0.25) is 0 Å². The molecule has 0 aliphatic carbocycles. The molecule has 2 rings (SSSR count). The third-order valence-corrected chi connectivity index (χ3v) is 2.22. The van der Waals surface area contributed by atoms with Gasteiger partial charge in [0.1, 0.15) is 11.6 Å². The summed E-state index contributed by atoms with van der Waals surface area (Å²) in [7, 11) is 0. The van der Waals surface area contributed by atoms with Crippen molar-refractivity contribution >= 4 is 0 Å². The van der Waals surface area contributed by atoms with E-state index < -0.39 is 17.3 Å². The molecular weight excluding hydrogens is 228 g/mol. The minimum Gasteiger partial charge on any atom is -0.325 e. The number of halogens is 2. The Morgan fingerprint density at radius 3 is 2.76 bits per heavy atom. The van der Waals surface area contributed by atoms with E-state index in [0.29, 0.717) is 5.69 Å². The summed E-state index contributed by atoms with van der Waals surface area (Å²) in [5.41, 5.74) is 5.12. The fraction of sp³-hybridized carbons (Fsp3) is 0.0909. The third kappa shape index (κ3) is 2.36. The molecular formula is C11H9F2N3O. The van der Waals surface area contributed by atoms with Crippen LogP contribution in [-0.4, -0.2) is 9.97 Å². The summed E-state index contributed by atoms with van der Waals surface area (Å²) in [5.74, 6) is -1.25. The van der Waals surface area contributed by atoms with Gasteiger partial charge in [0.25, 0.3) is 0 Å². The molecule has 0 saturated carbocycles. The molecule has 17 heavy (non-hydrogen) atoms. The van der Waals surface area contributed by atoms with Crippen molar-refractivity contribution < 1.29 is 8.78 Å². The predicted molar refractivity (Wildman–Crippen MR) is 58.1 cm³/mol. The largest absolute Gasteiger partial charge is 0.345 e. The zero-order valence-electron chi connectivity index (χ0n) is 8.71. The van der Waals surface area contributed by atoms with Gasteiger partial charge in [0.05, 0.1) is 5.69 Å². The Morgan fingerprint density at radius 2 is 2.06 bits per heavy atom. The number of aromatic amines is 1. The number of nitrogens with one attached hydrogen (secondary N) is 1. The summed E-state index contributed by atoms with van der Waals surface area (Å²) >= 11 is 0. The van der Waals surface area contributed by atoms with Crippen LogP contribution in [0.3, 0.4) is 0 Å². The van der Waals surface area contributed by atoms with Crippen molar-refractivity contribution in [1.82, 2.24) is 9.97 Å². The smallest absolute Gasteiger partial charge is 0.325 e. The number of hydrogen-bond donors (Lipinski definition) is 2. The highest BCUT2D eigenvalue weighted by molar-refractivity contribution is 5.59. The first-order valence-corrected chi connectivity index (χ1v) is 4.86. The summed E-state index contributed by atoms with van der Waals surface area (Å²) in [4.78, 5) is 17.2. The maximum absolute atomic E-state index is 13.5. The van der Waals surface area contributed by atoms with Crippen LogP contribution in [0.1, 0.15) is 5.69 Å². The van der Waals surface area contributed by atoms with Gasteiger partial charge in [-0.2, -0.15) is 4.98 Å². The summed E-state index contributed by atoms with van der Waals surface area (Å²) < 4.78 is 26.5. The Morgan fingerprint density at radius 1 is 1.29 bits per heavy atom. The highest BCUT2D eigenvalue weighted by Crippen LogP contribution is 2.21. The molecule has 0 atom stereocenters. The van der Waals surface area contributed by atoms with Crippen LogP contribution in [0.4, 0.5) is 8.78 Å². The first-order valence-electron chi connectivity index (χ1n) is 4.86. The second kappa shape index (κ2) is 4.42. The quantitative estimate of drug-likeness (QED) is 0.823. The average Bonchev–Trinajstić information content (AvgIpc) is 2.31. The van der Waals surface area contributed by atoms with Crippen LogP contribution in [0.25, 0.3) is 11.3 Å². The van der Waals surface area contributed by atoms with E-state index in [9.17, 15) is 13.6 Å². The van der Waals surface area contributed by atoms with Gasteiger partial charge in [-0.25, -0.2) is 13.6 Å². The second-order valence-corrected chi connectivity index (χ2v) is 3.43. The lowest BCUT2D eigenvalue weighted by Crippen LogP contribution is -2.15. The van der Waals surface area contributed by atoms with E-state index in [4.69, 9.17) is 5.73 Å². The van der Waals surface area contributed by atoms with E-state index in [1.807, 2.05) is 0 Å². The number of benzene rings is 1. The molecule has 88 valence electrons. The molecule has 0 spiro atoms. The van der Waals surface area contributed by atoms with Gasteiger partial charge >= 0.3 is 5.69 Å². The van der Waals surface area contributed by atoms with Crippen molar-refractivity contribution in [1.29, 1.82) is 0 Å². The van der Waals surface area contributed by atoms with E-state index in [1.54, 1.807) is 0 Å². The van der Waals surface area contributed by atoms with E-state index in [1.165, 1.54) is 6.07 Å². The topological polar surface area (TPSA) is 71.8 Å². The zero-order valence-corrected chi connectivity index (χ0v) is 8.71. The first kappa shape index (κ1) is 11.4. The van der Waals surface area contributed by atoms with Gasteiger partial charge in [-0.1, -0.05) is 0 Å². The molecule has 0 radical (unpaired) electrons. The first-order chi connectivity index (χ1) is 8.10. The molecule has 0 aliphatic heterocycles. The average molecular weight is 237 g/mol. The Kier molecular flexibility index (Phi) is 2.97. The summed E-state index contributed by atoms with van der Waals surface area (Å²) in [6.45, 7) is 0.0850. The van der Waals surface area contributed by atoms with Crippen LogP contribution >= 0.6 is 0 Å². The molecule has 0 bridgehead atoms. The maximum Gasteiger partial charge on any atom is 0.345 e. The standard InChI is InChI=1S/C11H9F2N3O/c12-6-1-2-9(13)8(3-6)10-4-7(5-14)15-11(17)16-10/h1-4H,5,14H2,(H,15,16,17). The van der Waals surface area contributed by atoms with E-state index in [0.717, 1.165) is 18.2 Å². The van der Waals surface area contributed by atoms with Gasteiger partial charge in [-0.15, -0.1) is 0 Å². The summed E-state index contributed by atoms with van der Waals surface area (Å²) in [6.07, 6.45) is 0. The molecule has 0 unspecified atom stereocenters. The Hall–Kier alpha value is -2.08. The maximum atomic E-state index is 13.5. The van der Waals surface area contributed by atoms with E-state index >= 15 is 0 Å². The molecule has 1 aromatic heterocycles. The fourth-order valence-corrected chi connectivity index (χ4v) is 1.45. The Bertz CT molecular complexity index is 610. The Balaban J connectivity index is 2.63. The Labute approximate surface area is 95.1 Å². The molecule has 0 amide bonds. The molecule has 1 heterocycles. The van der Waals surface area contributed by atoms with Gasteiger partial charge in [0.2, 0.25) is 0 Å². The number of aromatic nitrogens is 2. The van der Waals surface area contributed by atoms with Crippen LogP contribution in [-0.2, 0) is 6.54 Å². The lowest BCUT2D eigenvalue weighted by molar-refractivity contribution is 0.602. The number of nitrogens with zero attached hydrogens (tertiary/aromatic N) is 1. The zero-order chi connectivity index (χ0) is 12.4. The van der Waals surface area contributed by atoms with Crippen molar-refractivity contribution in [3.05, 3.63) is 52.1 Å². The highest BCUT2D eigenvalue weighted by Gasteiger charge is 2.09. The molecule has 0 aliphatic rings. The second-order valence-electron chi connectivity index (χ2n) is 3.43. The normalized spacial score (nSPS) is 10.5. The van der Waals surface area contributed by atoms with Crippen molar-refractivity contribution in [3.8, 4) is 11.3 Å². The number of rotatable bonds is 2. The SMILES string of the molecule is NCc1cc(-c2cc(F)ccc2F)nc(=O)[nH]1. The van der Waals surface area contributed by atoms with Crippen molar-refractivity contribution in [2.75, 3.05) is 0 Å². The predicted octanol–water partition coefficient (Wildman–Crippen LogP) is 1.17. The van der Waals surface area contributed by atoms with E-state index in [2.05, 4.69) is 9.97 Å².